The van der Waals surface area contributed by atoms with Gasteiger partial charge in [0.05, 0.1) is 7.11 Å². The first-order chi connectivity index (χ1) is 8.74. The van der Waals surface area contributed by atoms with Crippen molar-refractivity contribution in [3.63, 3.8) is 0 Å². The predicted octanol–water partition coefficient (Wildman–Crippen LogP) is 2.24. The summed E-state index contributed by atoms with van der Waals surface area (Å²) in [6.07, 6.45) is 5.17. The summed E-state index contributed by atoms with van der Waals surface area (Å²) in [7, 11) is 1.64. The summed E-state index contributed by atoms with van der Waals surface area (Å²) in [5.41, 5.74) is 0.736. The third kappa shape index (κ3) is 3.06. The molecule has 2 nitrogen and oxygen atoms in total. The molecule has 0 aliphatic heterocycles. The van der Waals surface area contributed by atoms with E-state index in [1.165, 1.54) is 0 Å². The minimum absolute atomic E-state index is 0.736. The number of ether oxygens (including phenoxy) is 1. The van der Waals surface area contributed by atoms with E-state index in [1.54, 1.807) is 7.11 Å². The molecular weight excluding hydrogens is 223 g/mol. The number of terminal acetylenes is 1. The van der Waals surface area contributed by atoms with Crippen LogP contribution in [0.4, 0.5) is 0 Å². The molecule has 0 aliphatic carbocycles. The maximum Gasteiger partial charge on any atom is 0.412 e. The Kier molecular flexibility index (Phi) is 5.29. The molecule has 0 fully saturated rings. The van der Waals surface area contributed by atoms with Gasteiger partial charge in [0.25, 0.3) is 0 Å². The first kappa shape index (κ1) is 14.1. The Balaban J connectivity index is 0.000000771. The molecule has 92 valence electrons. The first-order valence-corrected chi connectivity index (χ1v) is 5.96. The topological polar surface area (TPSA) is 29.5 Å². The van der Waals surface area contributed by atoms with Crippen LogP contribution in [0.5, 0.6) is 5.75 Å². The second kappa shape index (κ2) is 6.73. The molecule has 2 aromatic carbocycles. The summed E-state index contributed by atoms with van der Waals surface area (Å²) in [5, 5.41) is 11.6. The molecule has 0 heterocycles. The van der Waals surface area contributed by atoms with Gasteiger partial charge in [-0.2, -0.15) is 0 Å². The summed E-state index contributed by atoms with van der Waals surface area (Å²) < 4.78 is 5.14. The minimum Gasteiger partial charge on any atom is -0.497 e. The van der Waals surface area contributed by atoms with Crippen molar-refractivity contribution in [3.05, 3.63) is 36.4 Å². The average molecular weight is 240 g/mol. The molecule has 0 saturated carbocycles. The second-order valence-electron chi connectivity index (χ2n) is 3.54. The van der Waals surface area contributed by atoms with E-state index in [9.17, 15) is 5.02 Å². The number of fused-ring (bicyclic) bond motifs is 1. The number of hydrogen-bond donors (Lipinski definition) is 1. The molecule has 0 radical (unpaired) electrons. The summed E-state index contributed by atoms with van der Waals surface area (Å²) in [5.74, 6) is 3.12. The van der Waals surface area contributed by atoms with Gasteiger partial charge < -0.3 is 9.76 Å². The van der Waals surface area contributed by atoms with Gasteiger partial charge in [0.2, 0.25) is 0 Å². The highest BCUT2D eigenvalue weighted by atomic mass is 16.5. The van der Waals surface area contributed by atoms with Gasteiger partial charge in [-0.25, -0.2) is 0 Å². The Labute approximate surface area is 109 Å². The van der Waals surface area contributed by atoms with Gasteiger partial charge in [0, 0.05) is 0 Å². The lowest BCUT2D eigenvalue weighted by atomic mass is 9.62. The lowest BCUT2D eigenvalue weighted by Crippen LogP contribution is -2.28. The van der Waals surface area contributed by atoms with Crippen molar-refractivity contribution >= 4 is 23.2 Å². The summed E-state index contributed by atoms with van der Waals surface area (Å²) in [6.45, 7) is 3.16. The number of hydrogen-bond acceptors (Lipinski definition) is 2. The summed E-state index contributed by atoms with van der Waals surface area (Å²) in [6, 6.07) is 11.4. The number of benzene rings is 2. The smallest absolute Gasteiger partial charge is 0.412 e. The molecular formula is C15H17BO2. The molecule has 0 spiro atoms. The lowest BCUT2D eigenvalue weighted by molar-refractivity contribution is 0.415. The van der Waals surface area contributed by atoms with Gasteiger partial charge in [-0.3, -0.25) is 0 Å². The molecule has 1 N–H and O–H groups in total. The fourth-order valence-electron chi connectivity index (χ4n) is 1.64. The van der Waals surface area contributed by atoms with E-state index in [2.05, 4.69) is 5.82 Å². The quantitative estimate of drug-likeness (QED) is 0.644. The third-order valence-corrected chi connectivity index (χ3v) is 2.55. The molecule has 2 rings (SSSR count). The zero-order chi connectivity index (χ0) is 13.5. The van der Waals surface area contributed by atoms with Gasteiger partial charge in [-0.15, -0.1) is 12.2 Å². The van der Waals surface area contributed by atoms with E-state index in [0.29, 0.717) is 0 Å². The van der Waals surface area contributed by atoms with Crippen molar-refractivity contribution in [1.29, 1.82) is 0 Å². The molecule has 18 heavy (non-hydrogen) atoms. The average Bonchev–Trinajstić information content (AvgIpc) is 2.47. The van der Waals surface area contributed by atoms with Crippen LogP contribution < -0.4 is 10.2 Å². The van der Waals surface area contributed by atoms with Crippen LogP contribution in [-0.4, -0.2) is 19.0 Å². The van der Waals surface area contributed by atoms with Crippen molar-refractivity contribution in [2.45, 2.75) is 13.8 Å². The molecule has 0 atom stereocenters. The Morgan fingerprint density at radius 2 is 1.72 bits per heavy atom. The van der Waals surface area contributed by atoms with E-state index in [4.69, 9.17) is 11.2 Å². The lowest BCUT2D eigenvalue weighted by Gasteiger charge is -2.05. The second-order valence-corrected chi connectivity index (χ2v) is 3.54. The number of methoxy groups -OCH3 is 1. The molecule has 0 saturated heterocycles. The first-order valence-electron chi connectivity index (χ1n) is 5.96. The predicted molar refractivity (Wildman–Crippen MR) is 78.3 cm³/mol. The van der Waals surface area contributed by atoms with Crippen LogP contribution >= 0.6 is 0 Å². The van der Waals surface area contributed by atoms with Crippen LogP contribution in [0.15, 0.2) is 36.4 Å². The van der Waals surface area contributed by atoms with E-state index >= 15 is 0 Å². The van der Waals surface area contributed by atoms with Gasteiger partial charge in [0.15, 0.2) is 0 Å². The van der Waals surface area contributed by atoms with Crippen LogP contribution in [0.1, 0.15) is 13.8 Å². The molecule has 0 amide bonds. The van der Waals surface area contributed by atoms with E-state index in [0.717, 1.165) is 22.0 Å². The van der Waals surface area contributed by atoms with Crippen LogP contribution in [0.2, 0.25) is 0 Å². The molecule has 0 aliphatic rings. The van der Waals surface area contributed by atoms with Crippen molar-refractivity contribution in [2.24, 2.45) is 0 Å². The monoisotopic (exact) mass is 240 g/mol. The zero-order valence-corrected chi connectivity index (χ0v) is 11.0. The van der Waals surface area contributed by atoms with Crippen LogP contribution in [0.3, 0.4) is 0 Å². The van der Waals surface area contributed by atoms with E-state index in [-0.39, 0.29) is 0 Å². The van der Waals surface area contributed by atoms with Gasteiger partial charge in [-0.1, -0.05) is 38.1 Å². The zero-order valence-electron chi connectivity index (χ0n) is 11.0. The molecule has 2 aromatic rings. The minimum atomic E-state index is -0.841. The van der Waals surface area contributed by atoms with Crippen LogP contribution in [-0.2, 0) is 0 Å². The van der Waals surface area contributed by atoms with Crippen LogP contribution in [0.25, 0.3) is 10.8 Å². The largest absolute Gasteiger partial charge is 0.497 e. The highest BCUT2D eigenvalue weighted by Gasteiger charge is 2.10. The Bertz CT molecular complexity index is 558. The maximum atomic E-state index is 9.53. The maximum absolute atomic E-state index is 9.53. The normalized spacial score (nSPS) is 9.06. The number of rotatable bonds is 2. The fraction of sp³-hybridized carbons (Fsp3) is 0.200. The van der Waals surface area contributed by atoms with Crippen LogP contribution in [0, 0.1) is 12.2 Å². The van der Waals surface area contributed by atoms with Crippen molar-refractivity contribution in [2.75, 3.05) is 7.11 Å². The van der Waals surface area contributed by atoms with Gasteiger partial charge in [0.1, 0.15) is 5.75 Å². The Morgan fingerprint density at radius 1 is 1.11 bits per heavy atom. The van der Waals surface area contributed by atoms with Crippen molar-refractivity contribution < 1.29 is 9.76 Å². The summed E-state index contributed by atoms with van der Waals surface area (Å²) >= 11 is 0. The van der Waals surface area contributed by atoms with Gasteiger partial charge >= 0.3 is 6.92 Å². The van der Waals surface area contributed by atoms with Crippen molar-refractivity contribution in [3.8, 4) is 18.0 Å². The fourth-order valence-corrected chi connectivity index (χ4v) is 1.64. The molecule has 3 heteroatoms. The Hall–Kier alpha value is -1.92. The third-order valence-electron chi connectivity index (χ3n) is 2.55. The molecule has 0 bridgehead atoms. The van der Waals surface area contributed by atoms with Crippen molar-refractivity contribution in [1.82, 2.24) is 0 Å². The SMILES string of the molecule is C#CB(O)c1ccc2cc(OC)ccc2c1.CC. The highest BCUT2D eigenvalue weighted by Crippen LogP contribution is 2.19. The van der Waals surface area contributed by atoms with E-state index < -0.39 is 6.92 Å². The Morgan fingerprint density at radius 3 is 2.33 bits per heavy atom. The van der Waals surface area contributed by atoms with Gasteiger partial charge in [-0.05, 0) is 28.4 Å². The van der Waals surface area contributed by atoms with E-state index in [1.807, 2.05) is 50.2 Å². The molecule has 0 unspecified atom stereocenters. The molecule has 0 aromatic heterocycles. The summed E-state index contributed by atoms with van der Waals surface area (Å²) in [4.78, 5) is 0. The highest BCUT2D eigenvalue weighted by molar-refractivity contribution is 6.73. The standard InChI is InChI=1S/C13H11BO2.C2H6/c1-3-14(15)12-6-4-11-9-13(16-2)7-5-10(11)8-12;1-2/h1,4-9,15H,2H3;1-2H3.